The Labute approximate surface area is 122 Å². The number of piperidine rings is 1. The number of likely N-dealkylation sites (tertiary alicyclic amines) is 1. The molecule has 2 atom stereocenters. The summed E-state index contributed by atoms with van der Waals surface area (Å²) in [5.74, 6) is 0. The van der Waals surface area contributed by atoms with Crippen LogP contribution in [0.25, 0.3) is 0 Å². The number of pyridine rings is 1. The predicted molar refractivity (Wildman–Crippen MR) is 80.6 cm³/mol. The van der Waals surface area contributed by atoms with E-state index in [9.17, 15) is 0 Å². The SMILES string of the molecule is CO[C@@H]1CCC[C@@]12CCCN(Cc1ccc(C)nc1)C2. The van der Waals surface area contributed by atoms with E-state index >= 15 is 0 Å². The molecule has 0 unspecified atom stereocenters. The number of hydrogen-bond donors (Lipinski definition) is 0. The van der Waals surface area contributed by atoms with E-state index < -0.39 is 0 Å². The number of hydrogen-bond acceptors (Lipinski definition) is 3. The first-order valence-corrected chi connectivity index (χ1v) is 7.88. The van der Waals surface area contributed by atoms with Crippen molar-refractivity contribution in [2.45, 2.75) is 51.7 Å². The summed E-state index contributed by atoms with van der Waals surface area (Å²) in [4.78, 5) is 7.02. The number of nitrogens with zero attached hydrogens (tertiary/aromatic N) is 2. The monoisotopic (exact) mass is 274 g/mol. The molecule has 0 amide bonds. The zero-order valence-corrected chi connectivity index (χ0v) is 12.8. The third-order valence-electron chi connectivity index (χ3n) is 5.17. The minimum atomic E-state index is 0.422. The molecule has 3 heteroatoms. The summed E-state index contributed by atoms with van der Waals surface area (Å²) >= 11 is 0. The molecule has 1 saturated carbocycles. The molecule has 1 aromatic rings. The number of aromatic nitrogens is 1. The molecule has 0 bridgehead atoms. The molecule has 3 nitrogen and oxygen atoms in total. The van der Waals surface area contributed by atoms with Gasteiger partial charge in [-0.2, -0.15) is 0 Å². The lowest BCUT2D eigenvalue weighted by atomic mass is 9.76. The first-order valence-electron chi connectivity index (χ1n) is 7.88. The number of rotatable bonds is 3. The number of aryl methyl sites for hydroxylation is 1. The second-order valence-corrected chi connectivity index (χ2v) is 6.60. The van der Waals surface area contributed by atoms with Gasteiger partial charge in [0.2, 0.25) is 0 Å². The molecular weight excluding hydrogens is 248 g/mol. The van der Waals surface area contributed by atoms with Gasteiger partial charge >= 0.3 is 0 Å². The smallest absolute Gasteiger partial charge is 0.0639 e. The van der Waals surface area contributed by atoms with Gasteiger partial charge in [-0.15, -0.1) is 0 Å². The summed E-state index contributed by atoms with van der Waals surface area (Å²) in [5.41, 5.74) is 2.85. The Morgan fingerprint density at radius 2 is 2.20 bits per heavy atom. The summed E-state index contributed by atoms with van der Waals surface area (Å²) in [7, 11) is 1.89. The molecule has 1 spiro atoms. The summed E-state index contributed by atoms with van der Waals surface area (Å²) in [6.45, 7) is 5.48. The highest BCUT2D eigenvalue weighted by atomic mass is 16.5. The van der Waals surface area contributed by atoms with Crippen LogP contribution in [0.2, 0.25) is 0 Å². The molecule has 110 valence electrons. The summed E-state index contributed by atoms with van der Waals surface area (Å²) < 4.78 is 5.78. The third-order valence-corrected chi connectivity index (χ3v) is 5.17. The lowest BCUT2D eigenvalue weighted by Crippen LogP contribution is -2.47. The van der Waals surface area contributed by atoms with Gasteiger partial charge in [0, 0.05) is 37.5 Å². The maximum Gasteiger partial charge on any atom is 0.0639 e. The summed E-state index contributed by atoms with van der Waals surface area (Å²) in [6, 6.07) is 4.33. The Balaban J connectivity index is 1.67. The molecule has 1 saturated heterocycles. The van der Waals surface area contributed by atoms with Gasteiger partial charge in [0.1, 0.15) is 0 Å². The van der Waals surface area contributed by atoms with Crippen molar-refractivity contribution < 1.29 is 4.74 Å². The van der Waals surface area contributed by atoms with Crippen LogP contribution < -0.4 is 0 Å². The highest BCUT2D eigenvalue weighted by Gasteiger charge is 2.45. The van der Waals surface area contributed by atoms with Gasteiger partial charge in [0.25, 0.3) is 0 Å². The second-order valence-electron chi connectivity index (χ2n) is 6.60. The molecule has 1 aromatic heterocycles. The number of methoxy groups -OCH3 is 1. The van der Waals surface area contributed by atoms with Crippen LogP contribution in [-0.2, 0) is 11.3 Å². The van der Waals surface area contributed by atoms with Crippen molar-refractivity contribution in [3.8, 4) is 0 Å². The molecule has 1 aliphatic carbocycles. The summed E-state index contributed by atoms with van der Waals surface area (Å²) in [5, 5.41) is 0. The van der Waals surface area contributed by atoms with Crippen LogP contribution in [0.3, 0.4) is 0 Å². The number of ether oxygens (including phenoxy) is 1. The molecule has 20 heavy (non-hydrogen) atoms. The molecule has 0 radical (unpaired) electrons. The van der Waals surface area contributed by atoms with Crippen LogP contribution in [-0.4, -0.2) is 36.2 Å². The van der Waals surface area contributed by atoms with Crippen molar-refractivity contribution >= 4 is 0 Å². The maximum absolute atomic E-state index is 5.78. The first kappa shape index (κ1) is 14.0. The first-order chi connectivity index (χ1) is 9.72. The fourth-order valence-electron chi connectivity index (χ4n) is 4.18. The van der Waals surface area contributed by atoms with Crippen LogP contribution in [0.4, 0.5) is 0 Å². The molecule has 1 aliphatic heterocycles. The Morgan fingerprint density at radius 3 is 2.95 bits per heavy atom. The summed E-state index contributed by atoms with van der Waals surface area (Å²) in [6.07, 6.45) is 9.07. The highest BCUT2D eigenvalue weighted by Crippen LogP contribution is 2.46. The third kappa shape index (κ3) is 2.75. The van der Waals surface area contributed by atoms with Crippen LogP contribution >= 0.6 is 0 Å². The fraction of sp³-hybridized carbons (Fsp3) is 0.706. The average Bonchev–Trinajstić information content (AvgIpc) is 2.83. The lowest BCUT2D eigenvalue weighted by molar-refractivity contribution is -0.0366. The molecule has 3 rings (SSSR count). The van der Waals surface area contributed by atoms with Gasteiger partial charge in [-0.3, -0.25) is 9.88 Å². The van der Waals surface area contributed by atoms with Gasteiger partial charge in [0.15, 0.2) is 0 Å². The van der Waals surface area contributed by atoms with Gasteiger partial charge in [-0.1, -0.05) is 12.5 Å². The topological polar surface area (TPSA) is 25.4 Å². The Hall–Kier alpha value is -0.930. The minimum Gasteiger partial charge on any atom is -0.381 e. The lowest BCUT2D eigenvalue weighted by Gasteiger charge is -2.43. The van der Waals surface area contributed by atoms with E-state index in [1.165, 1.54) is 50.8 Å². The highest BCUT2D eigenvalue weighted by molar-refractivity contribution is 5.13. The van der Waals surface area contributed by atoms with Crippen molar-refractivity contribution in [2.75, 3.05) is 20.2 Å². The van der Waals surface area contributed by atoms with Gasteiger partial charge in [-0.05, 0) is 50.8 Å². The quantitative estimate of drug-likeness (QED) is 0.846. The van der Waals surface area contributed by atoms with Gasteiger partial charge in [0.05, 0.1) is 6.10 Å². The average molecular weight is 274 g/mol. The Bertz CT molecular complexity index is 445. The van der Waals surface area contributed by atoms with Gasteiger partial charge in [-0.25, -0.2) is 0 Å². The molecule has 2 heterocycles. The Kier molecular flexibility index (Phi) is 4.08. The van der Waals surface area contributed by atoms with E-state index in [1.54, 1.807) is 0 Å². The van der Waals surface area contributed by atoms with E-state index in [-0.39, 0.29) is 0 Å². The van der Waals surface area contributed by atoms with E-state index in [2.05, 4.69) is 22.0 Å². The van der Waals surface area contributed by atoms with E-state index in [0.29, 0.717) is 11.5 Å². The minimum absolute atomic E-state index is 0.422. The zero-order chi connectivity index (χ0) is 14.0. The van der Waals surface area contributed by atoms with Crippen molar-refractivity contribution in [1.82, 2.24) is 9.88 Å². The normalized spacial score (nSPS) is 31.0. The van der Waals surface area contributed by atoms with Crippen LogP contribution in [0.1, 0.15) is 43.4 Å². The largest absolute Gasteiger partial charge is 0.381 e. The van der Waals surface area contributed by atoms with Crippen molar-refractivity contribution in [2.24, 2.45) is 5.41 Å². The maximum atomic E-state index is 5.78. The van der Waals surface area contributed by atoms with Crippen molar-refractivity contribution in [1.29, 1.82) is 0 Å². The van der Waals surface area contributed by atoms with Crippen molar-refractivity contribution in [3.05, 3.63) is 29.6 Å². The van der Waals surface area contributed by atoms with Crippen LogP contribution in [0.5, 0.6) is 0 Å². The van der Waals surface area contributed by atoms with E-state index in [0.717, 1.165) is 12.2 Å². The second kappa shape index (κ2) is 5.82. The Morgan fingerprint density at radius 1 is 1.35 bits per heavy atom. The zero-order valence-electron chi connectivity index (χ0n) is 12.8. The van der Waals surface area contributed by atoms with E-state index in [4.69, 9.17) is 4.74 Å². The van der Waals surface area contributed by atoms with Gasteiger partial charge < -0.3 is 4.74 Å². The molecule has 2 fully saturated rings. The van der Waals surface area contributed by atoms with Crippen LogP contribution in [0.15, 0.2) is 18.3 Å². The molecule has 2 aliphatic rings. The van der Waals surface area contributed by atoms with Crippen molar-refractivity contribution in [3.63, 3.8) is 0 Å². The fourth-order valence-corrected chi connectivity index (χ4v) is 4.18. The molecular formula is C17H26N2O. The standard InChI is InChI=1S/C17H26N2O/c1-14-6-7-15(11-18-14)12-19-10-4-9-17(13-19)8-3-5-16(17)20-2/h6-7,11,16H,3-5,8-10,12-13H2,1-2H3/t16-,17+/m1/s1. The molecule has 0 aromatic carbocycles. The van der Waals surface area contributed by atoms with E-state index in [1.807, 2.05) is 20.2 Å². The van der Waals surface area contributed by atoms with Crippen LogP contribution in [0, 0.1) is 12.3 Å². The predicted octanol–water partition coefficient (Wildman–Crippen LogP) is 3.17. The molecule has 0 N–H and O–H groups in total.